The molecule has 0 spiro atoms. The molecule has 3 fully saturated rings. The number of likely N-dealkylation sites (tertiary alicyclic amines) is 1. The number of rotatable bonds is 16. The SMILES string of the molecule is CC[C@](C=O)(COC(C)(C)C)NC(=O)N[C@H](C(=O)N1CC[C@H](C(Cl)Cl)[C@H]1C(O)NC(CC1CC1)C(=O)C(N)=O)C1CCCCC1. The summed E-state index contributed by atoms with van der Waals surface area (Å²) in [5, 5.41) is 19.9. The van der Waals surface area contributed by atoms with Gasteiger partial charge >= 0.3 is 6.03 Å². The molecule has 14 heteroatoms. The number of primary amides is 1. The molecule has 2 saturated carbocycles. The number of nitrogens with one attached hydrogen (secondary N) is 3. The fourth-order valence-corrected chi connectivity index (χ4v) is 6.89. The summed E-state index contributed by atoms with van der Waals surface area (Å²) in [7, 11) is 0. The Balaban J connectivity index is 1.85. The highest BCUT2D eigenvalue weighted by Crippen LogP contribution is 2.37. The summed E-state index contributed by atoms with van der Waals surface area (Å²) >= 11 is 12.7. The van der Waals surface area contributed by atoms with Gasteiger partial charge in [-0.15, -0.1) is 23.2 Å². The molecule has 2 unspecified atom stereocenters. The first-order valence-corrected chi connectivity index (χ1v) is 17.0. The average molecular weight is 677 g/mol. The van der Waals surface area contributed by atoms with Crippen LogP contribution in [0.2, 0.25) is 0 Å². The number of ether oxygens (including phenoxy) is 1. The molecule has 2 aliphatic carbocycles. The maximum atomic E-state index is 14.4. The average Bonchev–Trinajstić information content (AvgIpc) is 3.69. The van der Waals surface area contributed by atoms with Crippen LogP contribution in [0.1, 0.15) is 91.9 Å². The zero-order chi connectivity index (χ0) is 33.5. The lowest BCUT2D eigenvalue weighted by atomic mass is 9.83. The summed E-state index contributed by atoms with van der Waals surface area (Å²) < 4.78 is 5.83. The number of amides is 4. The minimum Gasteiger partial charge on any atom is -0.376 e. The molecule has 4 amide bonds. The summed E-state index contributed by atoms with van der Waals surface area (Å²) in [6.07, 6.45) is 6.23. The van der Waals surface area contributed by atoms with E-state index in [1.54, 1.807) is 6.92 Å². The Hall–Kier alpha value is -1.99. The Morgan fingerprint density at radius 3 is 2.22 bits per heavy atom. The Morgan fingerprint density at radius 1 is 1.07 bits per heavy atom. The molecule has 6 atom stereocenters. The second-order valence-corrected chi connectivity index (χ2v) is 15.0. The summed E-state index contributed by atoms with van der Waals surface area (Å²) in [4.78, 5) is 64.9. The van der Waals surface area contributed by atoms with Crippen molar-refractivity contribution in [3.8, 4) is 0 Å². The molecule has 0 aromatic carbocycles. The number of aldehydes is 1. The molecule has 256 valence electrons. The fourth-order valence-electron chi connectivity index (χ4n) is 6.34. The van der Waals surface area contributed by atoms with E-state index in [1.807, 2.05) is 20.8 Å². The van der Waals surface area contributed by atoms with Gasteiger partial charge in [-0.05, 0) is 64.7 Å². The number of nitrogens with zero attached hydrogens (tertiary/aromatic N) is 1. The molecule has 3 rings (SSSR count). The Kier molecular flexibility index (Phi) is 13.5. The van der Waals surface area contributed by atoms with E-state index in [9.17, 15) is 29.1 Å². The van der Waals surface area contributed by atoms with Gasteiger partial charge < -0.3 is 35.9 Å². The zero-order valence-electron chi connectivity index (χ0n) is 26.9. The van der Waals surface area contributed by atoms with Gasteiger partial charge in [-0.3, -0.25) is 19.7 Å². The number of aliphatic hydroxyl groups is 1. The summed E-state index contributed by atoms with van der Waals surface area (Å²) in [6, 6.07) is -3.60. The Labute approximate surface area is 276 Å². The maximum Gasteiger partial charge on any atom is 0.316 e. The van der Waals surface area contributed by atoms with Crippen LogP contribution >= 0.6 is 23.2 Å². The minimum absolute atomic E-state index is 0.0431. The Morgan fingerprint density at radius 2 is 1.71 bits per heavy atom. The van der Waals surface area contributed by atoms with Crippen LogP contribution in [0.4, 0.5) is 4.79 Å². The first kappa shape index (κ1) is 37.5. The van der Waals surface area contributed by atoms with Gasteiger partial charge in [0.1, 0.15) is 28.9 Å². The van der Waals surface area contributed by atoms with Gasteiger partial charge in [-0.25, -0.2) is 4.79 Å². The quantitative estimate of drug-likeness (QED) is 0.0716. The number of carbonyl (C=O) groups is 5. The number of hydrogen-bond acceptors (Lipinski definition) is 8. The smallest absolute Gasteiger partial charge is 0.316 e. The third-order valence-electron chi connectivity index (χ3n) is 9.28. The van der Waals surface area contributed by atoms with E-state index in [-0.39, 0.29) is 31.4 Å². The Bertz CT molecular complexity index is 1060. The monoisotopic (exact) mass is 675 g/mol. The summed E-state index contributed by atoms with van der Waals surface area (Å²) in [5.41, 5.74) is 3.45. The molecule has 1 aliphatic heterocycles. The summed E-state index contributed by atoms with van der Waals surface area (Å²) in [5.74, 6) is -2.87. The highest BCUT2D eigenvalue weighted by molar-refractivity contribution is 6.44. The number of halogens is 2. The first-order chi connectivity index (χ1) is 21.1. The van der Waals surface area contributed by atoms with E-state index >= 15 is 0 Å². The number of carbonyl (C=O) groups excluding carboxylic acids is 5. The predicted octanol–water partition coefficient (Wildman–Crippen LogP) is 2.55. The largest absolute Gasteiger partial charge is 0.376 e. The van der Waals surface area contributed by atoms with Crippen molar-refractivity contribution in [2.24, 2.45) is 23.5 Å². The lowest BCUT2D eigenvalue weighted by molar-refractivity contribution is -0.141. The third kappa shape index (κ3) is 10.5. The lowest BCUT2D eigenvalue weighted by Gasteiger charge is -2.39. The van der Waals surface area contributed by atoms with Crippen LogP contribution in [0.3, 0.4) is 0 Å². The molecule has 45 heavy (non-hydrogen) atoms. The second kappa shape index (κ2) is 16.2. The van der Waals surface area contributed by atoms with Crippen LogP contribution in [0, 0.1) is 17.8 Å². The van der Waals surface area contributed by atoms with Crippen LogP contribution in [-0.4, -0.2) is 93.4 Å². The predicted molar refractivity (Wildman–Crippen MR) is 170 cm³/mol. The number of Topliss-reactive ketones (excluding diaryl/α,β-unsaturated/α-hetero) is 1. The molecular weight excluding hydrogens is 625 g/mol. The van der Waals surface area contributed by atoms with E-state index in [4.69, 9.17) is 33.7 Å². The normalized spacial score (nSPS) is 24.4. The number of aliphatic hydroxyl groups excluding tert-OH is 1. The molecular formula is C31H51Cl2N5O7. The van der Waals surface area contributed by atoms with Gasteiger partial charge in [0.05, 0.1) is 24.3 Å². The van der Waals surface area contributed by atoms with Gasteiger partial charge in [0.15, 0.2) is 0 Å². The maximum absolute atomic E-state index is 14.4. The highest BCUT2D eigenvalue weighted by atomic mass is 35.5. The molecule has 0 bridgehead atoms. The molecule has 0 radical (unpaired) electrons. The van der Waals surface area contributed by atoms with Crippen LogP contribution in [0.15, 0.2) is 0 Å². The number of urea groups is 1. The number of ketones is 1. The van der Waals surface area contributed by atoms with Gasteiger partial charge in [-0.1, -0.05) is 39.0 Å². The van der Waals surface area contributed by atoms with Crippen molar-refractivity contribution in [3.05, 3.63) is 0 Å². The molecule has 12 nitrogen and oxygen atoms in total. The molecule has 3 aliphatic rings. The minimum atomic E-state index is -1.45. The van der Waals surface area contributed by atoms with E-state index < -0.39 is 69.9 Å². The van der Waals surface area contributed by atoms with Gasteiger partial charge in [0, 0.05) is 12.5 Å². The standard InChI is InChI=1S/C31H51Cl2N5O7/c1-5-31(16-39,17-45-30(2,3)4)37-29(44)36-22(19-9-7-6-8-10-19)28(43)38-14-13-20(25(32)33)23(38)27(42)35-21(15-18-11-12-18)24(40)26(34)41/h16,18-23,25,27,35,42H,5-15,17H2,1-4H3,(H2,34,41)(H2,36,37,44)/t20-,21?,22-,23-,27?,31-/m0/s1. The van der Waals surface area contributed by atoms with Crippen LogP contribution in [0.25, 0.3) is 0 Å². The second-order valence-electron chi connectivity index (χ2n) is 13.9. The van der Waals surface area contributed by atoms with Crippen molar-refractivity contribution >= 4 is 53.1 Å². The van der Waals surface area contributed by atoms with Crippen molar-refractivity contribution in [1.82, 2.24) is 20.9 Å². The van der Waals surface area contributed by atoms with Crippen molar-refractivity contribution in [2.45, 2.75) is 132 Å². The number of alkyl halides is 2. The highest BCUT2D eigenvalue weighted by Gasteiger charge is 2.48. The van der Waals surface area contributed by atoms with Crippen LogP contribution in [0.5, 0.6) is 0 Å². The molecule has 1 saturated heterocycles. The summed E-state index contributed by atoms with van der Waals surface area (Å²) in [6.45, 7) is 7.48. The molecule has 1 heterocycles. The van der Waals surface area contributed by atoms with E-state index in [1.165, 1.54) is 4.90 Å². The number of hydrogen-bond donors (Lipinski definition) is 5. The van der Waals surface area contributed by atoms with E-state index in [2.05, 4.69) is 16.0 Å². The van der Waals surface area contributed by atoms with Crippen molar-refractivity contribution in [3.63, 3.8) is 0 Å². The van der Waals surface area contributed by atoms with Crippen molar-refractivity contribution in [1.29, 1.82) is 0 Å². The number of nitrogens with two attached hydrogens (primary N) is 1. The first-order valence-electron chi connectivity index (χ1n) is 16.2. The van der Waals surface area contributed by atoms with E-state index in [0.29, 0.717) is 32.0 Å². The lowest BCUT2D eigenvalue weighted by Crippen LogP contribution is -2.63. The van der Waals surface area contributed by atoms with E-state index in [0.717, 1.165) is 32.1 Å². The zero-order valence-corrected chi connectivity index (χ0v) is 28.4. The van der Waals surface area contributed by atoms with Gasteiger partial charge in [-0.2, -0.15) is 0 Å². The fraction of sp³-hybridized carbons (Fsp3) is 0.839. The van der Waals surface area contributed by atoms with Crippen LogP contribution < -0.4 is 21.7 Å². The van der Waals surface area contributed by atoms with Crippen molar-refractivity contribution < 1.29 is 33.8 Å². The van der Waals surface area contributed by atoms with Gasteiger partial charge in [0.25, 0.3) is 5.91 Å². The molecule has 0 aromatic heterocycles. The van der Waals surface area contributed by atoms with Gasteiger partial charge in [0.2, 0.25) is 11.7 Å². The third-order valence-corrected chi connectivity index (χ3v) is 9.93. The van der Waals surface area contributed by atoms with Crippen molar-refractivity contribution in [2.75, 3.05) is 13.2 Å². The topological polar surface area (TPSA) is 180 Å². The van der Waals surface area contributed by atoms with Crippen LogP contribution in [-0.2, 0) is 23.9 Å². The molecule has 0 aromatic rings. The molecule has 6 N–H and O–H groups in total.